The van der Waals surface area contributed by atoms with Gasteiger partial charge in [-0.3, -0.25) is 4.79 Å². The third-order valence-corrected chi connectivity index (χ3v) is 7.14. The van der Waals surface area contributed by atoms with Crippen LogP contribution < -0.4 is 4.72 Å². The van der Waals surface area contributed by atoms with Gasteiger partial charge in [-0.1, -0.05) is 41.9 Å². The standard InChI is InChI=1S/C21H17ClN2O3S2/c22-18-11-9-17(10-12-18)21-23-19(13-28-21)29(26,27)24-20(25)16-7-5-15(6-8-16)14-3-1-2-4-14/h3,5-13H,1-2,4H2,(H,24,25). The summed E-state index contributed by atoms with van der Waals surface area (Å²) >= 11 is 7.06. The minimum Gasteiger partial charge on any atom is -0.268 e. The molecule has 1 heterocycles. The van der Waals surface area contributed by atoms with E-state index in [1.165, 1.54) is 22.3 Å². The van der Waals surface area contributed by atoms with Crippen molar-refractivity contribution >= 4 is 44.4 Å². The van der Waals surface area contributed by atoms with Gasteiger partial charge in [-0.15, -0.1) is 11.3 Å². The highest BCUT2D eigenvalue weighted by Gasteiger charge is 2.22. The number of hydrogen-bond donors (Lipinski definition) is 1. The Morgan fingerprint density at radius 2 is 1.72 bits per heavy atom. The monoisotopic (exact) mass is 444 g/mol. The normalized spacial score (nSPS) is 13.9. The number of rotatable bonds is 5. The maximum absolute atomic E-state index is 12.6. The van der Waals surface area contributed by atoms with Crippen molar-refractivity contribution in [3.05, 3.63) is 76.1 Å². The molecule has 0 bridgehead atoms. The van der Waals surface area contributed by atoms with E-state index in [4.69, 9.17) is 11.6 Å². The number of sulfonamides is 1. The highest BCUT2D eigenvalue weighted by Crippen LogP contribution is 2.28. The first-order chi connectivity index (χ1) is 13.9. The van der Waals surface area contributed by atoms with Crippen LogP contribution >= 0.6 is 22.9 Å². The van der Waals surface area contributed by atoms with Crippen LogP contribution in [-0.2, 0) is 10.0 Å². The Balaban J connectivity index is 1.49. The van der Waals surface area contributed by atoms with E-state index < -0.39 is 15.9 Å². The van der Waals surface area contributed by atoms with E-state index in [-0.39, 0.29) is 10.6 Å². The number of carbonyl (C=O) groups excluding carboxylic acids is 1. The minimum atomic E-state index is -4.07. The van der Waals surface area contributed by atoms with Gasteiger partial charge in [0.15, 0.2) is 5.03 Å². The molecule has 148 valence electrons. The van der Waals surface area contributed by atoms with Crippen LogP contribution in [0.1, 0.15) is 35.2 Å². The van der Waals surface area contributed by atoms with Crippen molar-refractivity contribution in [2.24, 2.45) is 0 Å². The molecule has 0 radical (unpaired) electrons. The molecular formula is C21H17ClN2O3S2. The maximum atomic E-state index is 12.6. The van der Waals surface area contributed by atoms with Crippen molar-refractivity contribution in [3.63, 3.8) is 0 Å². The van der Waals surface area contributed by atoms with Crippen molar-refractivity contribution < 1.29 is 13.2 Å². The number of halogens is 1. The van der Waals surface area contributed by atoms with Gasteiger partial charge in [0.05, 0.1) is 0 Å². The second-order valence-electron chi connectivity index (χ2n) is 6.63. The predicted octanol–water partition coefficient (Wildman–Crippen LogP) is 5.15. The lowest BCUT2D eigenvalue weighted by Crippen LogP contribution is -2.30. The average molecular weight is 445 g/mol. The highest BCUT2D eigenvalue weighted by molar-refractivity contribution is 7.90. The van der Waals surface area contributed by atoms with Crippen molar-refractivity contribution in [3.8, 4) is 10.6 Å². The number of amides is 1. The Kier molecular flexibility index (Phi) is 5.54. The molecule has 29 heavy (non-hydrogen) atoms. The van der Waals surface area contributed by atoms with E-state index in [0.29, 0.717) is 10.0 Å². The van der Waals surface area contributed by atoms with Gasteiger partial charge in [0.25, 0.3) is 15.9 Å². The molecule has 1 aromatic heterocycles. The van der Waals surface area contributed by atoms with Gasteiger partial charge in [0.1, 0.15) is 5.01 Å². The molecule has 1 N–H and O–H groups in total. The third kappa shape index (κ3) is 4.42. The molecule has 0 spiro atoms. The first kappa shape index (κ1) is 19.8. The van der Waals surface area contributed by atoms with Crippen LogP contribution in [0.5, 0.6) is 0 Å². The van der Waals surface area contributed by atoms with Crippen molar-refractivity contribution in [1.29, 1.82) is 0 Å². The summed E-state index contributed by atoms with van der Waals surface area (Å²) in [6.45, 7) is 0. The van der Waals surface area contributed by atoms with Gasteiger partial charge < -0.3 is 0 Å². The van der Waals surface area contributed by atoms with Crippen LogP contribution in [0.25, 0.3) is 16.1 Å². The zero-order valence-corrected chi connectivity index (χ0v) is 17.7. The highest BCUT2D eigenvalue weighted by atomic mass is 35.5. The number of nitrogens with zero attached hydrogens (tertiary/aromatic N) is 1. The van der Waals surface area contributed by atoms with E-state index in [1.54, 1.807) is 36.4 Å². The van der Waals surface area contributed by atoms with E-state index >= 15 is 0 Å². The molecule has 0 unspecified atom stereocenters. The molecule has 0 fully saturated rings. The van der Waals surface area contributed by atoms with Crippen molar-refractivity contribution in [1.82, 2.24) is 9.71 Å². The second kappa shape index (κ2) is 8.10. The molecule has 1 aliphatic carbocycles. The van der Waals surface area contributed by atoms with Gasteiger partial charge in [-0.05, 0) is 54.7 Å². The fraction of sp³-hybridized carbons (Fsp3) is 0.143. The molecular weight excluding hydrogens is 428 g/mol. The number of aromatic nitrogens is 1. The largest absolute Gasteiger partial charge is 0.282 e. The number of nitrogens with one attached hydrogen (secondary N) is 1. The van der Waals surface area contributed by atoms with Gasteiger partial charge in [0.2, 0.25) is 0 Å². The first-order valence-electron chi connectivity index (χ1n) is 9.00. The fourth-order valence-electron chi connectivity index (χ4n) is 3.11. The zero-order chi connectivity index (χ0) is 20.4. The first-order valence-corrected chi connectivity index (χ1v) is 11.7. The number of hydrogen-bond acceptors (Lipinski definition) is 5. The quantitative estimate of drug-likeness (QED) is 0.590. The Morgan fingerprint density at radius 3 is 2.38 bits per heavy atom. The summed E-state index contributed by atoms with van der Waals surface area (Å²) in [6, 6.07) is 13.9. The van der Waals surface area contributed by atoms with Gasteiger partial charge in [-0.2, -0.15) is 8.42 Å². The molecule has 2 aromatic carbocycles. The van der Waals surface area contributed by atoms with Gasteiger partial charge >= 0.3 is 0 Å². The van der Waals surface area contributed by atoms with Crippen molar-refractivity contribution in [2.45, 2.75) is 24.3 Å². The summed E-state index contributed by atoms with van der Waals surface area (Å²) in [5.74, 6) is -0.682. The summed E-state index contributed by atoms with van der Waals surface area (Å²) < 4.78 is 27.2. The topological polar surface area (TPSA) is 76.1 Å². The van der Waals surface area contributed by atoms with Gasteiger partial charge in [0, 0.05) is 21.5 Å². The lowest BCUT2D eigenvalue weighted by atomic mass is 10.0. The Labute approximate surface area is 178 Å². The number of carbonyl (C=O) groups is 1. The molecule has 0 aliphatic heterocycles. The van der Waals surface area contributed by atoms with Crippen LogP contribution in [-0.4, -0.2) is 19.3 Å². The smallest absolute Gasteiger partial charge is 0.268 e. The lowest BCUT2D eigenvalue weighted by molar-refractivity contribution is 0.0981. The zero-order valence-electron chi connectivity index (χ0n) is 15.3. The molecule has 5 nitrogen and oxygen atoms in total. The SMILES string of the molecule is O=C(NS(=O)(=O)c1csc(-c2ccc(Cl)cc2)n1)c1ccc(C2=CCCC2)cc1. The van der Waals surface area contributed by atoms with E-state index in [0.717, 1.165) is 30.4 Å². The van der Waals surface area contributed by atoms with E-state index in [2.05, 4.69) is 15.8 Å². The molecule has 3 aromatic rings. The molecule has 1 aliphatic rings. The Hall–Kier alpha value is -2.48. The number of allylic oxidation sites excluding steroid dienone is 2. The molecule has 0 saturated carbocycles. The molecule has 1 amide bonds. The maximum Gasteiger partial charge on any atom is 0.282 e. The summed E-state index contributed by atoms with van der Waals surface area (Å²) in [5.41, 5.74) is 3.36. The van der Waals surface area contributed by atoms with Crippen molar-refractivity contribution in [2.75, 3.05) is 0 Å². The lowest BCUT2D eigenvalue weighted by Gasteiger charge is -2.06. The third-order valence-electron chi connectivity index (χ3n) is 4.64. The van der Waals surface area contributed by atoms with E-state index in [9.17, 15) is 13.2 Å². The van der Waals surface area contributed by atoms with E-state index in [1.807, 2.05) is 12.1 Å². The van der Waals surface area contributed by atoms with Crippen LogP contribution in [0, 0.1) is 0 Å². The summed E-state index contributed by atoms with van der Waals surface area (Å²) in [6.07, 6.45) is 5.43. The van der Waals surface area contributed by atoms with Crippen LogP contribution in [0.2, 0.25) is 5.02 Å². The number of benzene rings is 2. The van der Waals surface area contributed by atoms with Crippen LogP contribution in [0.3, 0.4) is 0 Å². The molecule has 4 rings (SSSR count). The summed E-state index contributed by atoms with van der Waals surface area (Å²) in [7, 11) is -4.07. The summed E-state index contributed by atoms with van der Waals surface area (Å²) in [4.78, 5) is 16.6. The minimum absolute atomic E-state index is 0.187. The predicted molar refractivity (Wildman–Crippen MR) is 115 cm³/mol. The Morgan fingerprint density at radius 1 is 1.03 bits per heavy atom. The van der Waals surface area contributed by atoms with Crippen LogP contribution in [0.4, 0.5) is 0 Å². The molecule has 8 heteroatoms. The molecule has 0 saturated heterocycles. The fourth-order valence-corrected chi connectivity index (χ4v) is 5.31. The van der Waals surface area contributed by atoms with Gasteiger partial charge in [-0.25, -0.2) is 9.71 Å². The average Bonchev–Trinajstić information content (AvgIpc) is 3.41. The Bertz CT molecular complexity index is 1180. The second-order valence-corrected chi connectivity index (χ2v) is 9.56. The summed E-state index contributed by atoms with van der Waals surface area (Å²) in [5, 5.41) is 2.34. The number of thiazole rings is 1. The molecule has 0 atom stereocenters. The van der Waals surface area contributed by atoms with Crippen LogP contribution in [0.15, 0.2) is 65.0 Å².